The molecule has 0 bridgehead atoms. The first-order valence-electron chi connectivity index (χ1n) is 12.3. The minimum atomic E-state index is 1.03. The van der Waals surface area contributed by atoms with Crippen LogP contribution in [0.2, 0.25) is 0 Å². The Kier molecular flexibility index (Phi) is 22.0. The van der Waals surface area contributed by atoms with E-state index in [4.69, 9.17) is 0 Å². The second-order valence-corrected chi connectivity index (χ2v) is 8.54. The van der Waals surface area contributed by atoms with Crippen LogP contribution in [0.4, 0.5) is 0 Å². The van der Waals surface area contributed by atoms with Crippen molar-refractivity contribution >= 4 is 0 Å². The van der Waals surface area contributed by atoms with Gasteiger partial charge in [0, 0.05) is 0 Å². The van der Waals surface area contributed by atoms with Gasteiger partial charge in [-0.1, -0.05) is 156 Å². The van der Waals surface area contributed by atoms with E-state index >= 15 is 0 Å². The van der Waals surface area contributed by atoms with E-state index in [2.05, 4.69) is 20.8 Å². The van der Waals surface area contributed by atoms with E-state index in [0.29, 0.717) is 0 Å². The van der Waals surface area contributed by atoms with E-state index in [-0.39, 0.29) is 0 Å². The van der Waals surface area contributed by atoms with Crippen molar-refractivity contribution < 1.29 is 0 Å². The lowest BCUT2D eigenvalue weighted by molar-refractivity contribution is 0.383. The molecule has 1 unspecified atom stereocenters. The Labute approximate surface area is 161 Å². The zero-order valence-electron chi connectivity index (χ0n) is 18.4. The number of unbranched alkanes of at least 4 members (excludes halogenated alkanes) is 15. The molecule has 0 aliphatic rings. The summed E-state index contributed by atoms with van der Waals surface area (Å²) in [5, 5.41) is 0. The highest BCUT2D eigenvalue weighted by atomic mass is 14.1. The maximum atomic E-state index is 2.35. The predicted molar refractivity (Wildman–Crippen MR) is 117 cm³/mol. The minimum absolute atomic E-state index is 1.03. The van der Waals surface area contributed by atoms with Crippen molar-refractivity contribution in [2.24, 2.45) is 5.92 Å². The van der Waals surface area contributed by atoms with Gasteiger partial charge in [-0.05, 0) is 5.92 Å². The Hall–Kier alpha value is 0. The molecule has 0 saturated heterocycles. The topological polar surface area (TPSA) is 0 Å². The van der Waals surface area contributed by atoms with Gasteiger partial charge in [0.1, 0.15) is 0 Å². The molecule has 0 aliphatic carbocycles. The van der Waals surface area contributed by atoms with Crippen molar-refractivity contribution in [1.29, 1.82) is 0 Å². The quantitative estimate of drug-likeness (QED) is 0.180. The van der Waals surface area contributed by atoms with Crippen molar-refractivity contribution in [3.05, 3.63) is 0 Å². The van der Waals surface area contributed by atoms with E-state index in [1.165, 1.54) is 135 Å². The Morgan fingerprint density at radius 2 is 0.680 bits per heavy atom. The van der Waals surface area contributed by atoms with Crippen molar-refractivity contribution in [3.8, 4) is 0 Å². The smallest absolute Gasteiger partial charge is 0.0414 e. The largest absolute Gasteiger partial charge is 0.0654 e. The van der Waals surface area contributed by atoms with Crippen molar-refractivity contribution in [2.45, 2.75) is 156 Å². The Balaban J connectivity index is 3.19. The van der Waals surface area contributed by atoms with Gasteiger partial charge in [-0.2, -0.15) is 0 Å². The van der Waals surface area contributed by atoms with Crippen LogP contribution < -0.4 is 0 Å². The first-order valence-corrected chi connectivity index (χ1v) is 12.3. The molecule has 0 heterocycles. The van der Waals surface area contributed by atoms with Crippen LogP contribution in [-0.4, -0.2) is 0 Å². The van der Waals surface area contributed by atoms with E-state index in [1.807, 2.05) is 0 Å². The van der Waals surface area contributed by atoms with E-state index in [0.717, 1.165) is 5.92 Å². The highest BCUT2D eigenvalue weighted by molar-refractivity contribution is 4.60. The summed E-state index contributed by atoms with van der Waals surface area (Å²) in [5.41, 5.74) is 0. The van der Waals surface area contributed by atoms with Crippen LogP contribution in [0.1, 0.15) is 156 Å². The van der Waals surface area contributed by atoms with Crippen LogP contribution in [0.25, 0.3) is 0 Å². The molecule has 25 heavy (non-hydrogen) atoms. The molecule has 0 aromatic rings. The van der Waals surface area contributed by atoms with Crippen LogP contribution in [0.3, 0.4) is 0 Å². The summed E-state index contributed by atoms with van der Waals surface area (Å²) in [6.07, 6.45) is 30.8. The highest BCUT2D eigenvalue weighted by Crippen LogP contribution is 2.22. The normalized spacial score (nSPS) is 12.6. The van der Waals surface area contributed by atoms with Gasteiger partial charge in [0.05, 0.1) is 0 Å². The fourth-order valence-corrected chi connectivity index (χ4v) is 4.14. The zero-order valence-corrected chi connectivity index (χ0v) is 18.4. The maximum absolute atomic E-state index is 2.35. The maximum Gasteiger partial charge on any atom is -0.0414 e. The van der Waals surface area contributed by atoms with Crippen LogP contribution in [0, 0.1) is 5.92 Å². The molecule has 0 saturated carbocycles. The minimum Gasteiger partial charge on any atom is -0.0654 e. The van der Waals surface area contributed by atoms with Gasteiger partial charge < -0.3 is 0 Å². The molecule has 0 radical (unpaired) electrons. The van der Waals surface area contributed by atoms with Gasteiger partial charge in [0.15, 0.2) is 0 Å². The summed E-state index contributed by atoms with van der Waals surface area (Å²) in [4.78, 5) is 0. The molecule has 0 rings (SSSR count). The molecule has 0 aromatic heterocycles. The van der Waals surface area contributed by atoms with Crippen molar-refractivity contribution in [1.82, 2.24) is 0 Å². The summed E-state index contributed by atoms with van der Waals surface area (Å²) < 4.78 is 0. The summed E-state index contributed by atoms with van der Waals surface area (Å²) >= 11 is 0. The monoisotopic (exact) mass is 352 g/mol. The molecule has 0 nitrogen and oxygen atoms in total. The standard InChI is InChI=1S/C25H52/c1-4-7-9-10-11-12-13-14-15-16-17-18-19-20-21-24-25(22-6-3)23-8-5-2/h25H,4-24H2,1-3H3. The Morgan fingerprint density at radius 3 is 1.08 bits per heavy atom. The molecule has 0 spiro atoms. The Bertz CT molecular complexity index is 220. The predicted octanol–water partition coefficient (Wildman–Crippen LogP) is 9.85. The lowest BCUT2D eigenvalue weighted by atomic mass is 9.91. The average molecular weight is 353 g/mol. The summed E-state index contributed by atoms with van der Waals surface area (Å²) in [5.74, 6) is 1.03. The number of hydrogen-bond donors (Lipinski definition) is 0. The van der Waals surface area contributed by atoms with Crippen LogP contribution in [-0.2, 0) is 0 Å². The lowest BCUT2D eigenvalue weighted by Crippen LogP contribution is -2.00. The summed E-state index contributed by atoms with van der Waals surface area (Å²) in [6, 6.07) is 0. The third kappa shape index (κ3) is 20.2. The molecule has 0 N–H and O–H groups in total. The fraction of sp³-hybridized carbons (Fsp3) is 1.00. The fourth-order valence-electron chi connectivity index (χ4n) is 4.14. The molecular weight excluding hydrogens is 300 g/mol. The first-order chi connectivity index (χ1) is 12.3. The lowest BCUT2D eigenvalue weighted by Gasteiger charge is -2.15. The van der Waals surface area contributed by atoms with E-state index < -0.39 is 0 Å². The summed E-state index contributed by atoms with van der Waals surface area (Å²) in [7, 11) is 0. The van der Waals surface area contributed by atoms with Gasteiger partial charge in [-0.15, -0.1) is 0 Å². The van der Waals surface area contributed by atoms with Crippen molar-refractivity contribution in [2.75, 3.05) is 0 Å². The van der Waals surface area contributed by atoms with Crippen LogP contribution >= 0.6 is 0 Å². The molecule has 152 valence electrons. The Morgan fingerprint density at radius 1 is 0.320 bits per heavy atom. The SMILES string of the molecule is CCCCCCCCCCCCCCCCCC(CCC)CCCC. The second-order valence-electron chi connectivity index (χ2n) is 8.54. The molecule has 0 aromatic carbocycles. The van der Waals surface area contributed by atoms with Gasteiger partial charge >= 0.3 is 0 Å². The van der Waals surface area contributed by atoms with Gasteiger partial charge in [0.2, 0.25) is 0 Å². The van der Waals surface area contributed by atoms with Gasteiger partial charge in [-0.3, -0.25) is 0 Å². The van der Waals surface area contributed by atoms with E-state index in [9.17, 15) is 0 Å². The third-order valence-electron chi connectivity index (χ3n) is 5.88. The molecule has 0 aliphatic heterocycles. The molecule has 0 amide bonds. The van der Waals surface area contributed by atoms with Crippen molar-refractivity contribution in [3.63, 3.8) is 0 Å². The van der Waals surface area contributed by atoms with Gasteiger partial charge in [0.25, 0.3) is 0 Å². The van der Waals surface area contributed by atoms with Crippen LogP contribution in [0.5, 0.6) is 0 Å². The molecular formula is C25H52. The van der Waals surface area contributed by atoms with E-state index in [1.54, 1.807) is 0 Å². The molecule has 0 heteroatoms. The average Bonchev–Trinajstić information content (AvgIpc) is 2.62. The first kappa shape index (κ1) is 25.0. The number of hydrogen-bond acceptors (Lipinski definition) is 0. The summed E-state index contributed by atoms with van der Waals surface area (Å²) in [6.45, 7) is 6.98. The third-order valence-corrected chi connectivity index (χ3v) is 5.88. The second kappa shape index (κ2) is 22.0. The van der Waals surface area contributed by atoms with Crippen LogP contribution in [0.15, 0.2) is 0 Å². The van der Waals surface area contributed by atoms with Gasteiger partial charge in [-0.25, -0.2) is 0 Å². The zero-order chi connectivity index (χ0) is 18.4. The highest BCUT2D eigenvalue weighted by Gasteiger charge is 2.06. The molecule has 1 atom stereocenters. The number of rotatable bonds is 21. The molecule has 0 fully saturated rings.